The van der Waals surface area contributed by atoms with Gasteiger partial charge < -0.3 is 10.0 Å². The molecular formula is C8H19BO2. The van der Waals surface area contributed by atoms with Gasteiger partial charge in [0, 0.05) is 0 Å². The lowest BCUT2D eigenvalue weighted by molar-refractivity contribution is 0.339. The topological polar surface area (TPSA) is 40.5 Å². The lowest BCUT2D eigenvalue weighted by atomic mass is 9.64. The first-order chi connectivity index (χ1) is 5.13. The average Bonchev–Trinajstić information content (AvgIpc) is 1.88. The first kappa shape index (κ1) is 11.0. The fourth-order valence-corrected chi connectivity index (χ4v) is 1.58. The summed E-state index contributed by atoms with van der Waals surface area (Å²) < 4.78 is 0. The van der Waals surface area contributed by atoms with E-state index in [-0.39, 0.29) is 5.82 Å². The van der Waals surface area contributed by atoms with Gasteiger partial charge in [0.15, 0.2) is 0 Å². The van der Waals surface area contributed by atoms with E-state index in [0.29, 0.717) is 5.92 Å². The van der Waals surface area contributed by atoms with E-state index in [1.54, 1.807) is 0 Å². The molecule has 0 radical (unpaired) electrons. The second kappa shape index (κ2) is 5.61. The van der Waals surface area contributed by atoms with Crippen molar-refractivity contribution in [2.75, 3.05) is 0 Å². The van der Waals surface area contributed by atoms with Crippen LogP contribution >= 0.6 is 0 Å². The minimum atomic E-state index is -1.14. The molecule has 2 nitrogen and oxygen atoms in total. The Bertz CT molecular complexity index is 96.1. The second-order valence-electron chi connectivity index (χ2n) is 3.25. The third-order valence-corrected chi connectivity index (χ3v) is 2.33. The lowest BCUT2D eigenvalue weighted by Crippen LogP contribution is -2.25. The summed E-state index contributed by atoms with van der Waals surface area (Å²) in [6, 6.07) is 0. The molecule has 0 rings (SSSR count). The van der Waals surface area contributed by atoms with Crippen LogP contribution in [0.4, 0.5) is 0 Å². The van der Waals surface area contributed by atoms with Gasteiger partial charge in [0.05, 0.1) is 0 Å². The second-order valence-corrected chi connectivity index (χ2v) is 3.25. The molecule has 66 valence electrons. The maximum Gasteiger partial charge on any atom is 0.455 e. The van der Waals surface area contributed by atoms with Gasteiger partial charge in [0.1, 0.15) is 0 Å². The van der Waals surface area contributed by atoms with Crippen molar-refractivity contribution < 1.29 is 10.0 Å². The van der Waals surface area contributed by atoms with Crippen LogP contribution < -0.4 is 0 Å². The van der Waals surface area contributed by atoms with E-state index in [4.69, 9.17) is 10.0 Å². The van der Waals surface area contributed by atoms with Gasteiger partial charge in [-0.05, 0) is 11.7 Å². The Morgan fingerprint density at radius 3 is 2.09 bits per heavy atom. The van der Waals surface area contributed by atoms with Crippen molar-refractivity contribution in [2.45, 2.75) is 45.9 Å². The number of hydrogen-bond donors (Lipinski definition) is 2. The minimum absolute atomic E-state index is 0.0509. The largest absolute Gasteiger partial charge is 0.455 e. The van der Waals surface area contributed by atoms with Crippen LogP contribution in [-0.2, 0) is 0 Å². The van der Waals surface area contributed by atoms with Crippen molar-refractivity contribution >= 4 is 7.12 Å². The van der Waals surface area contributed by atoms with Gasteiger partial charge in [0.2, 0.25) is 0 Å². The molecule has 0 aromatic rings. The van der Waals surface area contributed by atoms with E-state index < -0.39 is 7.12 Å². The summed E-state index contributed by atoms with van der Waals surface area (Å²) in [4.78, 5) is 0. The molecule has 0 aromatic heterocycles. The predicted molar refractivity (Wildman–Crippen MR) is 48.3 cm³/mol. The molecule has 0 aliphatic heterocycles. The SMILES string of the molecule is CCC[C@H](C)[C@H](CC)B(O)O. The van der Waals surface area contributed by atoms with Crippen molar-refractivity contribution in [3.8, 4) is 0 Å². The van der Waals surface area contributed by atoms with Crippen molar-refractivity contribution in [3.05, 3.63) is 0 Å². The fraction of sp³-hybridized carbons (Fsp3) is 1.00. The molecule has 0 saturated carbocycles. The zero-order chi connectivity index (χ0) is 8.85. The Morgan fingerprint density at radius 2 is 1.82 bits per heavy atom. The van der Waals surface area contributed by atoms with Crippen LogP contribution in [0.5, 0.6) is 0 Å². The van der Waals surface area contributed by atoms with Crippen LogP contribution in [0.3, 0.4) is 0 Å². The molecular weight excluding hydrogens is 139 g/mol. The van der Waals surface area contributed by atoms with Crippen molar-refractivity contribution in [2.24, 2.45) is 5.92 Å². The first-order valence-corrected chi connectivity index (χ1v) is 4.49. The van der Waals surface area contributed by atoms with Crippen LogP contribution in [0.1, 0.15) is 40.0 Å². The molecule has 0 aliphatic carbocycles. The lowest BCUT2D eigenvalue weighted by Gasteiger charge is -2.20. The highest BCUT2D eigenvalue weighted by Gasteiger charge is 2.26. The van der Waals surface area contributed by atoms with E-state index in [9.17, 15) is 0 Å². The minimum Gasteiger partial charge on any atom is -0.427 e. The highest BCUT2D eigenvalue weighted by molar-refractivity contribution is 6.43. The highest BCUT2D eigenvalue weighted by atomic mass is 16.4. The number of hydrogen-bond acceptors (Lipinski definition) is 2. The monoisotopic (exact) mass is 158 g/mol. The smallest absolute Gasteiger partial charge is 0.427 e. The zero-order valence-electron chi connectivity index (χ0n) is 7.75. The molecule has 2 N–H and O–H groups in total. The summed E-state index contributed by atoms with van der Waals surface area (Å²) in [7, 11) is -1.14. The maximum atomic E-state index is 8.96. The van der Waals surface area contributed by atoms with Gasteiger partial charge in [-0.25, -0.2) is 0 Å². The Labute approximate surface area is 69.8 Å². The predicted octanol–water partition coefficient (Wildman–Crippen LogP) is 1.68. The zero-order valence-corrected chi connectivity index (χ0v) is 7.75. The highest BCUT2D eigenvalue weighted by Crippen LogP contribution is 2.26. The van der Waals surface area contributed by atoms with Crippen LogP contribution in [0.2, 0.25) is 5.82 Å². The molecule has 0 fully saturated rings. The van der Waals surface area contributed by atoms with Crippen LogP contribution in [0.25, 0.3) is 0 Å². The number of rotatable bonds is 5. The Hall–Kier alpha value is -0.0151. The molecule has 3 heteroatoms. The standard InChI is InChI=1S/C8H19BO2/c1-4-6-7(3)8(5-2)9(10)11/h7-8,10-11H,4-6H2,1-3H3/t7-,8-/m0/s1. The van der Waals surface area contributed by atoms with E-state index >= 15 is 0 Å². The summed E-state index contributed by atoms with van der Waals surface area (Å²) in [5.41, 5.74) is 0. The van der Waals surface area contributed by atoms with E-state index in [1.807, 2.05) is 6.92 Å². The van der Waals surface area contributed by atoms with Crippen molar-refractivity contribution in [3.63, 3.8) is 0 Å². The van der Waals surface area contributed by atoms with Crippen molar-refractivity contribution in [1.29, 1.82) is 0 Å². The molecule has 0 saturated heterocycles. The summed E-state index contributed by atoms with van der Waals surface area (Å²) >= 11 is 0. The van der Waals surface area contributed by atoms with Crippen LogP contribution in [-0.4, -0.2) is 17.2 Å². The van der Waals surface area contributed by atoms with Gasteiger partial charge >= 0.3 is 7.12 Å². The Balaban J connectivity index is 3.81. The first-order valence-electron chi connectivity index (χ1n) is 4.49. The van der Waals surface area contributed by atoms with Crippen molar-refractivity contribution in [1.82, 2.24) is 0 Å². The Morgan fingerprint density at radius 1 is 1.27 bits per heavy atom. The summed E-state index contributed by atoms with van der Waals surface area (Å²) in [5.74, 6) is 0.472. The average molecular weight is 158 g/mol. The normalized spacial score (nSPS) is 16.1. The van der Waals surface area contributed by atoms with Crippen LogP contribution in [0.15, 0.2) is 0 Å². The van der Waals surface area contributed by atoms with E-state index in [0.717, 1.165) is 19.3 Å². The third kappa shape index (κ3) is 3.78. The van der Waals surface area contributed by atoms with Gasteiger partial charge in [-0.3, -0.25) is 0 Å². The van der Waals surface area contributed by atoms with E-state index in [2.05, 4.69) is 13.8 Å². The summed E-state index contributed by atoms with van der Waals surface area (Å²) in [5, 5.41) is 17.9. The molecule has 0 aliphatic rings. The molecule has 11 heavy (non-hydrogen) atoms. The van der Waals surface area contributed by atoms with Gasteiger partial charge in [0.25, 0.3) is 0 Å². The molecule has 0 bridgehead atoms. The molecule has 0 spiro atoms. The molecule has 0 amide bonds. The van der Waals surface area contributed by atoms with E-state index in [1.165, 1.54) is 0 Å². The van der Waals surface area contributed by atoms with Gasteiger partial charge in [-0.2, -0.15) is 0 Å². The third-order valence-electron chi connectivity index (χ3n) is 2.33. The molecule has 0 aromatic carbocycles. The summed E-state index contributed by atoms with van der Waals surface area (Å²) in [6.07, 6.45) is 3.04. The summed E-state index contributed by atoms with van der Waals surface area (Å²) in [6.45, 7) is 6.19. The maximum absolute atomic E-state index is 8.96. The van der Waals surface area contributed by atoms with Gasteiger partial charge in [-0.1, -0.05) is 40.0 Å². The van der Waals surface area contributed by atoms with Gasteiger partial charge in [-0.15, -0.1) is 0 Å². The van der Waals surface area contributed by atoms with Crippen LogP contribution in [0, 0.1) is 5.92 Å². The molecule has 0 unspecified atom stereocenters. The molecule has 2 atom stereocenters. The fourth-order valence-electron chi connectivity index (χ4n) is 1.58. The Kier molecular flexibility index (Phi) is 5.60. The quantitative estimate of drug-likeness (QED) is 0.597. The molecule has 0 heterocycles.